The minimum atomic E-state index is 0.513. The summed E-state index contributed by atoms with van der Waals surface area (Å²) in [6.45, 7) is 8.96. The van der Waals surface area contributed by atoms with Crippen LogP contribution in [0.3, 0.4) is 0 Å². The van der Waals surface area contributed by atoms with E-state index in [-0.39, 0.29) is 0 Å². The van der Waals surface area contributed by atoms with Crippen LogP contribution in [0.1, 0.15) is 32.1 Å². The van der Waals surface area contributed by atoms with E-state index in [0.717, 1.165) is 24.5 Å². The summed E-state index contributed by atoms with van der Waals surface area (Å²) >= 11 is 0. The van der Waals surface area contributed by atoms with Gasteiger partial charge in [0.25, 0.3) is 0 Å². The predicted molar refractivity (Wildman–Crippen MR) is 86.3 cm³/mol. The largest absolute Gasteiger partial charge is 0.490 e. The number of nitrogens with one attached hydrogen (secondary N) is 1. The van der Waals surface area contributed by atoms with Crippen LogP contribution in [0.5, 0.6) is 11.5 Å². The monoisotopic (exact) mass is 290 g/mol. The fourth-order valence-corrected chi connectivity index (χ4v) is 2.80. The minimum absolute atomic E-state index is 0.513. The second kappa shape index (κ2) is 9.46. The van der Waals surface area contributed by atoms with Gasteiger partial charge in [0.15, 0.2) is 11.5 Å². The standard InChI is InChI=1S/C18H27NO2/c1-2-15-20-17-10-4-5-11-18(17)21-16-9-8-14-19-12-6-3-7-13-19/h2,4-5,10-11H,1,3,6-9,12-16H2/p+1. The van der Waals surface area contributed by atoms with Crippen LogP contribution in [0.15, 0.2) is 36.9 Å². The Morgan fingerprint density at radius 3 is 2.43 bits per heavy atom. The first-order chi connectivity index (χ1) is 10.4. The molecule has 116 valence electrons. The van der Waals surface area contributed by atoms with Crippen LogP contribution < -0.4 is 14.4 Å². The van der Waals surface area contributed by atoms with Gasteiger partial charge in [-0.1, -0.05) is 24.8 Å². The van der Waals surface area contributed by atoms with Crippen molar-refractivity contribution >= 4 is 0 Å². The molecule has 0 atom stereocenters. The van der Waals surface area contributed by atoms with Crippen LogP contribution in [-0.4, -0.2) is 32.8 Å². The van der Waals surface area contributed by atoms with E-state index in [1.165, 1.54) is 45.3 Å². The fourth-order valence-electron chi connectivity index (χ4n) is 2.80. The number of hydrogen-bond donors (Lipinski definition) is 1. The lowest BCUT2D eigenvalue weighted by Crippen LogP contribution is -3.12. The molecule has 1 fully saturated rings. The Balaban J connectivity index is 1.64. The summed E-state index contributed by atoms with van der Waals surface area (Å²) in [5.41, 5.74) is 0. The number of rotatable bonds is 9. The molecule has 3 heteroatoms. The lowest BCUT2D eigenvalue weighted by Gasteiger charge is -2.23. The predicted octanol–water partition coefficient (Wildman–Crippen LogP) is 2.48. The SMILES string of the molecule is C=CCOc1ccccc1OCCCC[NH+]1CCCCC1. The second-order valence-electron chi connectivity index (χ2n) is 5.66. The van der Waals surface area contributed by atoms with Crippen molar-refractivity contribution in [1.29, 1.82) is 0 Å². The molecule has 1 N–H and O–H groups in total. The Bertz CT molecular complexity index is 413. The molecule has 0 amide bonds. The van der Waals surface area contributed by atoms with Gasteiger partial charge in [-0.25, -0.2) is 0 Å². The Labute approximate surface area is 128 Å². The van der Waals surface area contributed by atoms with E-state index >= 15 is 0 Å². The summed E-state index contributed by atoms with van der Waals surface area (Å²) in [5, 5.41) is 0. The zero-order valence-electron chi connectivity index (χ0n) is 13.0. The van der Waals surface area contributed by atoms with Crippen molar-refractivity contribution in [2.45, 2.75) is 32.1 Å². The Morgan fingerprint density at radius 2 is 1.71 bits per heavy atom. The third-order valence-corrected chi connectivity index (χ3v) is 3.95. The molecule has 1 aromatic rings. The fraction of sp³-hybridized carbons (Fsp3) is 0.556. The molecule has 0 radical (unpaired) electrons. The Morgan fingerprint density at radius 1 is 1.00 bits per heavy atom. The van der Waals surface area contributed by atoms with E-state index < -0.39 is 0 Å². The summed E-state index contributed by atoms with van der Waals surface area (Å²) in [4.78, 5) is 1.77. The van der Waals surface area contributed by atoms with Gasteiger partial charge in [-0.3, -0.25) is 0 Å². The van der Waals surface area contributed by atoms with E-state index in [9.17, 15) is 0 Å². The first-order valence-corrected chi connectivity index (χ1v) is 8.19. The molecule has 1 aliphatic rings. The van der Waals surface area contributed by atoms with Gasteiger partial charge in [0.05, 0.1) is 26.2 Å². The maximum atomic E-state index is 5.86. The molecule has 1 aliphatic heterocycles. The van der Waals surface area contributed by atoms with Crippen molar-refractivity contribution in [3.63, 3.8) is 0 Å². The average Bonchev–Trinajstić information content (AvgIpc) is 2.54. The van der Waals surface area contributed by atoms with E-state index in [0.29, 0.717) is 6.61 Å². The van der Waals surface area contributed by atoms with Crippen molar-refractivity contribution in [3.05, 3.63) is 36.9 Å². The second-order valence-corrected chi connectivity index (χ2v) is 5.66. The molecule has 0 aromatic heterocycles. The number of ether oxygens (including phenoxy) is 2. The molecule has 0 aliphatic carbocycles. The van der Waals surface area contributed by atoms with E-state index in [2.05, 4.69) is 6.58 Å². The number of likely N-dealkylation sites (tertiary alicyclic amines) is 1. The highest BCUT2D eigenvalue weighted by molar-refractivity contribution is 5.39. The molecule has 0 saturated carbocycles. The molecule has 2 rings (SSSR count). The third-order valence-electron chi connectivity index (χ3n) is 3.95. The van der Waals surface area contributed by atoms with Gasteiger partial charge in [-0.15, -0.1) is 0 Å². The first kappa shape index (κ1) is 15.9. The molecule has 1 aromatic carbocycles. The quantitative estimate of drug-likeness (QED) is 0.558. The van der Waals surface area contributed by atoms with Crippen LogP contribution in [0.2, 0.25) is 0 Å². The first-order valence-electron chi connectivity index (χ1n) is 8.19. The maximum absolute atomic E-state index is 5.86. The van der Waals surface area contributed by atoms with Gasteiger partial charge >= 0.3 is 0 Å². The van der Waals surface area contributed by atoms with E-state index in [4.69, 9.17) is 9.47 Å². The van der Waals surface area contributed by atoms with Gasteiger partial charge in [0.2, 0.25) is 0 Å². The summed E-state index contributed by atoms with van der Waals surface area (Å²) < 4.78 is 11.4. The summed E-state index contributed by atoms with van der Waals surface area (Å²) in [7, 11) is 0. The highest BCUT2D eigenvalue weighted by Crippen LogP contribution is 2.26. The molecule has 21 heavy (non-hydrogen) atoms. The molecular weight excluding hydrogens is 262 g/mol. The number of unbranched alkanes of at least 4 members (excludes halogenated alkanes) is 1. The number of quaternary nitrogens is 1. The molecule has 1 saturated heterocycles. The van der Waals surface area contributed by atoms with Crippen LogP contribution in [0.4, 0.5) is 0 Å². The molecule has 1 heterocycles. The maximum Gasteiger partial charge on any atom is 0.161 e. The van der Waals surface area contributed by atoms with Gasteiger partial charge in [-0.05, 0) is 44.2 Å². The molecule has 0 unspecified atom stereocenters. The Hall–Kier alpha value is -1.48. The van der Waals surface area contributed by atoms with Crippen molar-refractivity contribution in [2.24, 2.45) is 0 Å². The van der Waals surface area contributed by atoms with Gasteiger partial charge in [0.1, 0.15) is 6.61 Å². The number of para-hydroxylation sites is 2. The van der Waals surface area contributed by atoms with E-state index in [1.54, 1.807) is 11.0 Å². The van der Waals surface area contributed by atoms with E-state index in [1.807, 2.05) is 24.3 Å². The summed E-state index contributed by atoms with van der Waals surface area (Å²) in [5.74, 6) is 1.64. The molecule has 3 nitrogen and oxygen atoms in total. The van der Waals surface area contributed by atoms with Crippen LogP contribution in [-0.2, 0) is 0 Å². The molecular formula is C18H28NO2+. The summed E-state index contributed by atoms with van der Waals surface area (Å²) in [6.07, 6.45) is 8.33. The number of benzene rings is 1. The minimum Gasteiger partial charge on any atom is -0.490 e. The normalized spacial score (nSPS) is 15.6. The van der Waals surface area contributed by atoms with Crippen molar-refractivity contribution in [2.75, 3.05) is 32.8 Å². The molecule has 0 bridgehead atoms. The topological polar surface area (TPSA) is 22.9 Å². The highest BCUT2D eigenvalue weighted by atomic mass is 16.5. The van der Waals surface area contributed by atoms with Crippen molar-refractivity contribution in [1.82, 2.24) is 0 Å². The van der Waals surface area contributed by atoms with Crippen LogP contribution in [0.25, 0.3) is 0 Å². The zero-order chi connectivity index (χ0) is 14.8. The lowest BCUT2D eigenvalue weighted by molar-refractivity contribution is -0.905. The van der Waals surface area contributed by atoms with Crippen LogP contribution >= 0.6 is 0 Å². The van der Waals surface area contributed by atoms with Gasteiger partial charge in [-0.2, -0.15) is 0 Å². The van der Waals surface area contributed by atoms with Crippen molar-refractivity contribution in [3.8, 4) is 11.5 Å². The summed E-state index contributed by atoms with van der Waals surface area (Å²) in [6, 6.07) is 7.85. The Kier molecular flexibility index (Phi) is 7.16. The zero-order valence-corrected chi connectivity index (χ0v) is 13.0. The smallest absolute Gasteiger partial charge is 0.161 e. The average molecular weight is 290 g/mol. The van der Waals surface area contributed by atoms with Crippen LogP contribution in [0, 0.1) is 0 Å². The lowest BCUT2D eigenvalue weighted by atomic mass is 10.1. The third kappa shape index (κ3) is 5.80. The van der Waals surface area contributed by atoms with Gasteiger partial charge < -0.3 is 14.4 Å². The highest BCUT2D eigenvalue weighted by Gasteiger charge is 2.12. The van der Waals surface area contributed by atoms with Crippen molar-refractivity contribution < 1.29 is 14.4 Å². The van der Waals surface area contributed by atoms with Gasteiger partial charge in [0, 0.05) is 0 Å². The number of piperidine rings is 1. The molecule has 0 spiro atoms. The number of hydrogen-bond acceptors (Lipinski definition) is 2.